The Bertz CT molecular complexity index is 1710. The highest BCUT2D eigenvalue weighted by molar-refractivity contribution is 7.91. The van der Waals surface area contributed by atoms with Crippen LogP contribution in [0, 0.1) is 18.3 Å². The second-order valence-electron chi connectivity index (χ2n) is 9.16. The van der Waals surface area contributed by atoms with E-state index in [1.54, 1.807) is 42.7 Å². The number of unbranched alkanes of at least 4 members (excludes halogenated alkanes) is 1. The summed E-state index contributed by atoms with van der Waals surface area (Å²) in [4.78, 5) is 24.8. The van der Waals surface area contributed by atoms with Gasteiger partial charge in [-0.3, -0.25) is 14.3 Å². The molecule has 3 aromatic heterocycles. The molecular weight excluding hydrogens is 514 g/mol. The average molecular weight is 544 g/mol. The van der Waals surface area contributed by atoms with Crippen LogP contribution in [0.1, 0.15) is 61.9 Å². The summed E-state index contributed by atoms with van der Waals surface area (Å²) in [5.41, 5.74) is 2.25. The molecule has 10 heteroatoms. The minimum atomic E-state index is -4.44. The fraction of sp³-hybridized carbons (Fsp3) is 0.276. The van der Waals surface area contributed by atoms with E-state index in [1.165, 1.54) is 16.7 Å². The van der Waals surface area contributed by atoms with Gasteiger partial charge in [-0.15, -0.1) is 0 Å². The van der Waals surface area contributed by atoms with Crippen molar-refractivity contribution in [1.29, 1.82) is 5.26 Å². The molecule has 0 radical (unpaired) electrons. The molecule has 1 N–H and O–H groups in total. The van der Waals surface area contributed by atoms with Crippen LogP contribution in [0.2, 0.25) is 0 Å². The third-order valence-electron chi connectivity index (χ3n) is 6.58. The first-order chi connectivity index (χ1) is 18.7. The minimum absolute atomic E-state index is 0.141. The largest absolute Gasteiger partial charge is 0.493 e. The number of hydrogen-bond acceptors (Lipinski definition) is 8. The molecule has 0 bridgehead atoms. The summed E-state index contributed by atoms with van der Waals surface area (Å²) in [5.74, 6) is -0.427. The normalized spacial score (nSPS) is 12.2. The van der Waals surface area contributed by atoms with Gasteiger partial charge in [0.15, 0.2) is 4.90 Å². The highest BCUT2D eigenvalue weighted by atomic mass is 32.2. The Hall–Kier alpha value is -4.36. The van der Waals surface area contributed by atoms with Gasteiger partial charge in [-0.2, -0.15) is 10.2 Å². The molecule has 0 aliphatic rings. The molecule has 1 atom stereocenters. The first-order valence-corrected chi connectivity index (χ1v) is 14.2. The Kier molecular flexibility index (Phi) is 8.21. The lowest BCUT2D eigenvalue weighted by molar-refractivity contribution is 0.355. The number of aryl methyl sites for hydroxylation is 2. The quantitative estimate of drug-likeness (QED) is 0.319. The molecule has 0 saturated heterocycles. The van der Waals surface area contributed by atoms with E-state index in [0.717, 1.165) is 23.1 Å². The smallest absolute Gasteiger partial charge is 0.296 e. The first-order valence-electron chi connectivity index (χ1n) is 12.7. The van der Waals surface area contributed by atoms with E-state index in [4.69, 9.17) is 0 Å². The van der Waals surface area contributed by atoms with Crippen LogP contribution in [0.3, 0.4) is 0 Å². The number of rotatable bonds is 9. The third-order valence-corrected chi connectivity index (χ3v) is 8.37. The number of benzene rings is 1. The summed E-state index contributed by atoms with van der Waals surface area (Å²) in [7, 11) is -4.44. The summed E-state index contributed by atoms with van der Waals surface area (Å²) in [5, 5.41) is 20.8. The molecule has 0 aliphatic heterocycles. The van der Waals surface area contributed by atoms with Gasteiger partial charge in [0.05, 0.1) is 16.6 Å². The maximum absolute atomic E-state index is 13.7. The topological polar surface area (TPSA) is 139 Å². The van der Waals surface area contributed by atoms with Crippen LogP contribution in [0.25, 0.3) is 11.1 Å². The van der Waals surface area contributed by atoms with Crippen molar-refractivity contribution < 1.29 is 13.5 Å². The number of nitriles is 1. The summed E-state index contributed by atoms with van der Waals surface area (Å²) < 4.78 is 28.8. The van der Waals surface area contributed by atoms with Crippen molar-refractivity contribution in [2.75, 3.05) is 0 Å². The Morgan fingerprint density at radius 3 is 2.46 bits per heavy atom. The zero-order valence-electron chi connectivity index (χ0n) is 22.0. The number of hydrogen-bond donors (Lipinski definition) is 1. The molecule has 3 heterocycles. The van der Waals surface area contributed by atoms with Crippen molar-refractivity contribution in [2.45, 2.75) is 62.3 Å². The van der Waals surface area contributed by atoms with Gasteiger partial charge in [0, 0.05) is 18.8 Å². The maximum atomic E-state index is 13.7. The fourth-order valence-electron chi connectivity index (χ4n) is 4.58. The van der Waals surface area contributed by atoms with Crippen LogP contribution in [0.5, 0.6) is 5.88 Å². The fourth-order valence-corrected chi connectivity index (χ4v) is 5.92. The summed E-state index contributed by atoms with van der Waals surface area (Å²) in [6.45, 7) is 5.73. The highest BCUT2D eigenvalue weighted by Gasteiger charge is 2.32. The average Bonchev–Trinajstić information content (AvgIpc) is 2.94. The van der Waals surface area contributed by atoms with Crippen molar-refractivity contribution in [1.82, 2.24) is 19.5 Å². The molecule has 39 heavy (non-hydrogen) atoms. The van der Waals surface area contributed by atoms with E-state index in [2.05, 4.69) is 15.0 Å². The molecule has 0 aliphatic carbocycles. The van der Waals surface area contributed by atoms with Crippen LogP contribution >= 0.6 is 0 Å². The van der Waals surface area contributed by atoms with E-state index in [-0.39, 0.29) is 16.4 Å². The van der Waals surface area contributed by atoms with Gasteiger partial charge in [0.25, 0.3) is 5.56 Å². The SMILES string of the molecule is CCCCc1nc(=O)c(S(=O)(=O)c2ccc(-c3ccncc3C)cc2)c(O)n1C(CC)c1cccc(C#N)n1. The van der Waals surface area contributed by atoms with Gasteiger partial charge >= 0.3 is 0 Å². The van der Waals surface area contributed by atoms with Gasteiger partial charge in [-0.05, 0) is 66.8 Å². The van der Waals surface area contributed by atoms with Crippen LogP contribution < -0.4 is 5.56 Å². The van der Waals surface area contributed by atoms with Crippen LogP contribution in [-0.2, 0) is 16.3 Å². The molecule has 4 aromatic rings. The first kappa shape index (κ1) is 27.7. The zero-order chi connectivity index (χ0) is 28.2. The third kappa shape index (κ3) is 5.45. The van der Waals surface area contributed by atoms with Crippen molar-refractivity contribution in [2.24, 2.45) is 0 Å². The molecule has 200 valence electrons. The summed E-state index contributed by atoms with van der Waals surface area (Å²) in [6, 6.07) is 14.2. The second kappa shape index (κ2) is 11.6. The zero-order valence-corrected chi connectivity index (χ0v) is 22.8. The minimum Gasteiger partial charge on any atom is -0.493 e. The Morgan fingerprint density at radius 2 is 1.82 bits per heavy atom. The van der Waals surface area contributed by atoms with Gasteiger partial charge in [0.2, 0.25) is 15.7 Å². The monoisotopic (exact) mass is 543 g/mol. The van der Waals surface area contributed by atoms with E-state index in [9.17, 15) is 23.6 Å². The van der Waals surface area contributed by atoms with Gasteiger partial charge in [0.1, 0.15) is 17.6 Å². The molecule has 1 unspecified atom stereocenters. The summed E-state index contributed by atoms with van der Waals surface area (Å²) in [6.07, 6.45) is 5.61. The van der Waals surface area contributed by atoms with Crippen molar-refractivity contribution in [3.63, 3.8) is 0 Å². The van der Waals surface area contributed by atoms with Crippen LogP contribution in [0.15, 0.2) is 75.5 Å². The molecule has 4 rings (SSSR count). The predicted octanol–water partition coefficient (Wildman–Crippen LogP) is 4.76. The van der Waals surface area contributed by atoms with E-state index in [1.807, 2.05) is 32.9 Å². The highest BCUT2D eigenvalue weighted by Crippen LogP contribution is 2.33. The maximum Gasteiger partial charge on any atom is 0.296 e. The Balaban J connectivity index is 1.88. The Labute approximate surface area is 227 Å². The lowest BCUT2D eigenvalue weighted by atomic mass is 10.0. The number of sulfone groups is 1. The van der Waals surface area contributed by atoms with Crippen molar-refractivity contribution in [3.8, 4) is 23.1 Å². The van der Waals surface area contributed by atoms with Crippen LogP contribution in [0.4, 0.5) is 0 Å². The van der Waals surface area contributed by atoms with Gasteiger partial charge in [-0.1, -0.05) is 38.5 Å². The number of aromatic hydroxyl groups is 1. The van der Waals surface area contributed by atoms with Gasteiger partial charge in [-0.25, -0.2) is 13.4 Å². The van der Waals surface area contributed by atoms with E-state index < -0.39 is 32.2 Å². The van der Waals surface area contributed by atoms with Crippen LogP contribution in [-0.4, -0.2) is 33.0 Å². The lowest BCUT2D eigenvalue weighted by Gasteiger charge is -2.24. The molecule has 0 amide bonds. The molecule has 1 aromatic carbocycles. The number of pyridine rings is 2. The van der Waals surface area contributed by atoms with E-state index >= 15 is 0 Å². The molecule has 0 saturated carbocycles. The molecule has 0 fully saturated rings. The van der Waals surface area contributed by atoms with E-state index in [0.29, 0.717) is 25.0 Å². The molecule has 9 nitrogen and oxygen atoms in total. The number of aromatic nitrogens is 4. The molecule has 0 spiro atoms. The van der Waals surface area contributed by atoms with Crippen molar-refractivity contribution >= 4 is 9.84 Å². The number of nitrogens with zero attached hydrogens (tertiary/aromatic N) is 5. The predicted molar refractivity (Wildman–Crippen MR) is 146 cm³/mol. The molecular formula is C29H29N5O4S. The van der Waals surface area contributed by atoms with Crippen molar-refractivity contribution in [3.05, 3.63) is 94.1 Å². The lowest BCUT2D eigenvalue weighted by Crippen LogP contribution is -2.28. The Morgan fingerprint density at radius 1 is 1.08 bits per heavy atom. The van der Waals surface area contributed by atoms with Gasteiger partial charge < -0.3 is 5.11 Å². The summed E-state index contributed by atoms with van der Waals surface area (Å²) >= 11 is 0. The second-order valence-corrected chi connectivity index (χ2v) is 11.0. The standard InChI is InChI=1S/C29H29N5O4S/c1-4-6-10-26-33-28(35)27(29(36)34(26)25(5-2)24-9-7-8-21(17-30)32-24)39(37,38)22-13-11-20(12-14-22)23-15-16-31-18-19(23)3/h7-9,11-16,18,25,36H,4-6,10H2,1-3H3.